The summed E-state index contributed by atoms with van der Waals surface area (Å²) in [5.74, 6) is -0.619. The number of nitrogens with one attached hydrogen (secondary N) is 2. The highest BCUT2D eigenvalue weighted by Gasteiger charge is 2.16. The molecule has 0 unspecified atom stereocenters. The molecule has 2 N–H and O–H groups in total. The molecule has 1 aromatic carbocycles. The number of hydrogen-bond acceptors (Lipinski definition) is 5. The zero-order chi connectivity index (χ0) is 23.4. The number of rotatable bonds is 6. The lowest BCUT2D eigenvalue weighted by Gasteiger charge is -2.20. The Labute approximate surface area is 196 Å². The van der Waals surface area contributed by atoms with Gasteiger partial charge in [-0.3, -0.25) is 14.6 Å². The average Bonchev–Trinajstić information content (AvgIpc) is 3.48. The van der Waals surface area contributed by atoms with Crippen molar-refractivity contribution >= 4 is 28.3 Å². The number of amides is 2. The number of pyridine rings is 1. The van der Waals surface area contributed by atoms with Gasteiger partial charge in [-0.2, -0.15) is 0 Å². The maximum Gasteiger partial charge on any atom is 0.253 e. The van der Waals surface area contributed by atoms with E-state index in [1.807, 2.05) is 46.5 Å². The summed E-state index contributed by atoms with van der Waals surface area (Å²) in [5, 5.41) is 7.79. The van der Waals surface area contributed by atoms with E-state index in [2.05, 4.69) is 47.4 Å². The predicted octanol–water partition coefficient (Wildman–Crippen LogP) is 4.80. The van der Waals surface area contributed by atoms with Crippen molar-refractivity contribution in [3.63, 3.8) is 0 Å². The van der Waals surface area contributed by atoms with Crippen molar-refractivity contribution in [3.8, 4) is 22.4 Å². The molecule has 2 amide bonds. The van der Waals surface area contributed by atoms with Crippen LogP contribution >= 0.6 is 11.3 Å². The highest BCUT2D eigenvalue weighted by atomic mass is 32.1. The lowest BCUT2D eigenvalue weighted by atomic mass is 10.0. The summed E-state index contributed by atoms with van der Waals surface area (Å²) >= 11 is 1.34. The molecule has 4 aromatic rings. The Morgan fingerprint density at radius 1 is 1.03 bits per heavy atom. The van der Waals surface area contributed by atoms with Crippen LogP contribution in [0.1, 0.15) is 31.1 Å². The van der Waals surface area contributed by atoms with Crippen LogP contribution in [0.25, 0.3) is 22.4 Å². The molecule has 0 aliphatic carbocycles. The van der Waals surface area contributed by atoms with E-state index in [0.717, 1.165) is 22.4 Å². The first-order chi connectivity index (χ1) is 15.8. The summed E-state index contributed by atoms with van der Waals surface area (Å²) < 4.78 is 1.96. The number of benzene rings is 1. The smallest absolute Gasteiger partial charge is 0.253 e. The van der Waals surface area contributed by atoms with Gasteiger partial charge < -0.3 is 15.2 Å². The fourth-order valence-corrected chi connectivity index (χ4v) is 3.98. The van der Waals surface area contributed by atoms with Gasteiger partial charge in [0.25, 0.3) is 5.91 Å². The largest absolute Gasteiger partial charge is 0.348 e. The second-order valence-electron chi connectivity index (χ2n) is 8.56. The summed E-state index contributed by atoms with van der Waals surface area (Å²) in [6.07, 6.45) is 7.16. The van der Waals surface area contributed by atoms with Gasteiger partial charge in [0.05, 0.1) is 17.8 Å². The SMILES string of the molecule is CC(C)(C)n1ccc(C(=O)NCC(=O)Nc2nc(-c3cccc(-c4ccncc4)c3)cs2)c1. The molecule has 3 aromatic heterocycles. The maximum atomic E-state index is 12.4. The monoisotopic (exact) mass is 459 g/mol. The summed E-state index contributed by atoms with van der Waals surface area (Å²) in [4.78, 5) is 33.3. The minimum atomic E-state index is -0.329. The third-order valence-electron chi connectivity index (χ3n) is 5.06. The Balaban J connectivity index is 1.35. The number of aromatic nitrogens is 3. The van der Waals surface area contributed by atoms with Gasteiger partial charge in [-0.1, -0.05) is 18.2 Å². The fraction of sp³-hybridized carbons (Fsp3) is 0.200. The number of thiazole rings is 1. The van der Waals surface area contributed by atoms with Gasteiger partial charge in [-0.25, -0.2) is 4.98 Å². The van der Waals surface area contributed by atoms with Crippen LogP contribution in [0.4, 0.5) is 5.13 Å². The Kier molecular flexibility index (Phi) is 6.37. The normalized spacial score (nSPS) is 11.2. The molecule has 168 valence electrons. The molecule has 7 nitrogen and oxygen atoms in total. The Hall–Kier alpha value is -3.78. The van der Waals surface area contributed by atoms with Crippen LogP contribution < -0.4 is 10.6 Å². The van der Waals surface area contributed by atoms with Gasteiger partial charge in [-0.15, -0.1) is 11.3 Å². The summed E-state index contributed by atoms with van der Waals surface area (Å²) in [6.45, 7) is 6.03. The van der Waals surface area contributed by atoms with Crippen molar-refractivity contribution in [3.05, 3.63) is 78.2 Å². The average molecular weight is 460 g/mol. The van der Waals surface area contributed by atoms with E-state index in [1.54, 1.807) is 24.7 Å². The van der Waals surface area contributed by atoms with Crippen LogP contribution in [0.2, 0.25) is 0 Å². The van der Waals surface area contributed by atoms with E-state index < -0.39 is 0 Å². The van der Waals surface area contributed by atoms with Crippen LogP contribution in [0, 0.1) is 0 Å². The molecule has 0 bridgehead atoms. The third-order valence-corrected chi connectivity index (χ3v) is 5.82. The molecule has 0 fully saturated rings. The lowest BCUT2D eigenvalue weighted by molar-refractivity contribution is -0.115. The van der Waals surface area contributed by atoms with Gasteiger partial charge in [0.1, 0.15) is 0 Å². The molecule has 0 aliphatic rings. The molecular weight excluding hydrogens is 434 g/mol. The van der Waals surface area contributed by atoms with Gasteiger partial charge in [0, 0.05) is 41.3 Å². The molecule has 0 spiro atoms. The van der Waals surface area contributed by atoms with Crippen LogP contribution in [0.5, 0.6) is 0 Å². The van der Waals surface area contributed by atoms with Crippen LogP contribution in [0.3, 0.4) is 0 Å². The summed E-state index contributed by atoms with van der Waals surface area (Å²) in [6, 6.07) is 13.7. The van der Waals surface area contributed by atoms with Gasteiger partial charge in [0.2, 0.25) is 5.91 Å². The standard InChI is InChI=1S/C25H25N5O2S/c1-25(2,3)30-12-9-20(15-30)23(32)27-14-22(31)29-24-28-21(16-33-24)19-6-4-5-18(13-19)17-7-10-26-11-8-17/h4-13,15-16H,14H2,1-3H3,(H,27,32)(H,28,29,31). The first-order valence-electron chi connectivity index (χ1n) is 10.5. The topological polar surface area (TPSA) is 88.9 Å². The molecule has 0 saturated carbocycles. The molecule has 3 heterocycles. The molecule has 8 heteroatoms. The van der Waals surface area contributed by atoms with E-state index in [1.165, 1.54) is 11.3 Å². The Morgan fingerprint density at radius 3 is 2.52 bits per heavy atom. The highest BCUT2D eigenvalue weighted by Crippen LogP contribution is 2.28. The second kappa shape index (κ2) is 9.38. The van der Waals surface area contributed by atoms with Crippen LogP contribution in [-0.2, 0) is 10.3 Å². The molecule has 0 saturated heterocycles. The zero-order valence-electron chi connectivity index (χ0n) is 18.7. The fourth-order valence-electron chi connectivity index (χ4n) is 3.24. The molecule has 4 rings (SSSR count). The first kappa shape index (κ1) is 22.4. The van der Waals surface area contributed by atoms with E-state index in [9.17, 15) is 9.59 Å². The number of hydrogen-bond donors (Lipinski definition) is 2. The second-order valence-corrected chi connectivity index (χ2v) is 9.42. The molecular formula is C25H25N5O2S. The summed E-state index contributed by atoms with van der Waals surface area (Å²) in [5.41, 5.74) is 4.27. The third kappa shape index (κ3) is 5.53. The van der Waals surface area contributed by atoms with Crippen molar-refractivity contribution in [2.75, 3.05) is 11.9 Å². The molecule has 0 atom stereocenters. The molecule has 33 heavy (non-hydrogen) atoms. The van der Waals surface area contributed by atoms with Crippen molar-refractivity contribution in [2.45, 2.75) is 26.3 Å². The number of carbonyl (C=O) groups excluding carboxylic acids is 2. The maximum absolute atomic E-state index is 12.4. The molecule has 0 radical (unpaired) electrons. The predicted molar refractivity (Wildman–Crippen MR) is 131 cm³/mol. The van der Waals surface area contributed by atoms with E-state index in [4.69, 9.17) is 0 Å². The van der Waals surface area contributed by atoms with Crippen molar-refractivity contribution in [1.29, 1.82) is 0 Å². The molecule has 0 aliphatic heterocycles. The minimum absolute atomic E-state index is 0.115. The van der Waals surface area contributed by atoms with Crippen molar-refractivity contribution in [1.82, 2.24) is 19.9 Å². The van der Waals surface area contributed by atoms with E-state index >= 15 is 0 Å². The summed E-state index contributed by atoms with van der Waals surface area (Å²) in [7, 11) is 0. The van der Waals surface area contributed by atoms with Crippen LogP contribution in [0.15, 0.2) is 72.6 Å². The Morgan fingerprint density at radius 2 is 1.79 bits per heavy atom. The van der Waals surface area contributed by atoms with Gasteiger partial charge in [0.15, 0.2) is 5.13 Å². The van der Waals surface area contributed by atoms with E-state index in [0.29, 0.717) is 10.7 Å². The van der Waals surface area contributed by atoms with E-state index in [-0.39, 0.29) is 23.9 Å². The van der Waals surface area contributed by atoms with Gasteiger partial charge in [-0.05, 0) is 56.2 Å². The first-order valence-corrected chi connectivity index (χ1v) is 11.4. The number of nitrogens with zero attached hydrogens (tertiary/aromatic N) is 3. The highest BCUT2D eigenvalue weighted by molar-refractivity contribution is 7.14. The number of anilines is 1. The van der Waals surface area contributed by atoms with Crippen molar-refractivity contribution < 1.29 is 9.59 Å². The minimum Gasteiger partial charge on any atom is -0.348 e. The van der Waals surface area contributed by atoms with Gasteiger partial charge >= 0.3 is 0 Å². The lowest BCUT2D eigenvalue weighted by Crippen LogP contribution is -2.32. The van der Waals surface area contributed by atoms with Crippen molar-refractivity contribution in [2.24, 2.45) is 0 Å². The number of carbonyl (C=O) groups is 2. The quantitative estimate of drug-likeness (QED) is 0.434. The van der Waals surface area contributed by atoms with Crippen LogP contribution in [-0.4, -0.2) is 32.9 Å². The Bertz CT molecular complexity index is 1270. The zero-order valence-corrected chi connectivity index (χ0v) is 19.5.